The van der Waals surface area contributed by atoms with E-state index in [1.165, 1.54) is 0 Å². The van der Waals surface area contributed by atoms with E-state index in [1.807, 2.05) is 19.4 Å². The van der Waals surface area contributed by atoms with Crippen LogP contribution in [0.1, 0.15) is 50.2 Å². The van der Waals surface area contributed by atoms with Crippen LogP contribution in [0.15, 0.2) is 22.2 Å². The summed E-state index contributed by atoms with van der Waals surface area (Å²) in [7, 11) is 1.71. The minimum atomic E-state index is -4.86. The second-order valence-electron chi connectivity index (χ2n) is 8.38. The molecule has 0 radical (unpaired) electrons. The second-order valence-corrected chi connectivity index (χ2v) is 9.29. The Hall–Kier alpha value is -2.22. The predicted molar refractivity (Wildman–Crippen MR) is 124 cm³/mol. The Kier molecular flexibility index (Phi) is 10.9. The molecule has 0 amide bonds. The number of fused-ring (bicyclic) bond motifs is 1. The van der Waals surface area contributed by atoms with Crippen molar-refractivity contribution in [3.8, 4) is 5.75 Å². The van der Waals surface area contributed by atoms with E-state index in [9.17, 15) is 22.9 Å². The fourth-order valence-electron chi connectivity index (χ4n) is 3.40. The topological polar surface area (TPSA) is 100 Å². The van der Waals surface area contributed by atoms with Gasteiger partial charge < -0.3 is 14.6 Å². The van der Waals surface area contributed by atoms with Gasteiger partial charge in [-0.3, -0.25) is 0 Å². The molecule has 1 aliphatic rings. The molecule has 0 fully saturated rings. The highest BCUT2D eigenvalue weighted by Crippen LogP contribution is 2.42. The third kappa shape index (κ3) is 8.74. The molecular weight excluding hydrogens is 539 g/mol. The van der Waals surface area contributed by atoms with Crippen LogP contribution in [0.5, 0.6) is 5.75 Å². The normalized spacial score (nSPS) is 15.5. The van der Waals surface area contributed by atoms with E-state index in [1.54, 1.807) is 24.1 Å². The van der Waals surface area contributed by atoms with Gasteiger partial charge in [0.25, 0.3) is 6.67 Å². The molecule has 2 N–H and O–H groups in total. The minimum Gasteiger partial charge on any atom is -0.475 e. The van der Waals surface area contributed by atoms with Gasteiger partial charge in [0.15, 0.2) is 4.87 Å². The fraction of sp³-hybridized carbons (Fsp3) is 0.591. The molecule has 9 nitrogen and oxygen atoms in total. The first-order chi connectivity index (χ1) is 16.4. The average molecular weight is 569 g/mol. The van der Waals surface area contributed by atoms with Crippen molar-refractivity contribution in [3.05, 3.63) is 38.2 Å². The van der Waals surface area contributed by atoms with Crippen LogP contribution in [0.2, 0.25) is 0 Å². The monoisotopic (exact) mass is 568 g/mol. The van der Waals surface area contributed by atoms with Gasteiger partial charge in [-0.25, -0.2) is 9.69 Å². The van der Waals surface area contributed by atoms with Crippen molar-refractivity contribution in [1.82, 2.24) is 10.5 Å². The van der Waals surface area contributed by atoms with Gasteiger partial charge in [-0.15, -0.1) is 0 Å². The fourth-order valence-corrected chi connectivity index (χ4v) is 3.89. The van der Waals surface area contributed by atoms with Crippen LogP contribution in [0.4, 0.5) is 13.2 Å². The zero-order valence-electron chi connectivity index (χ0n) is 19.7. The van der Waals surface area contributed by atoms with E-state index < -0.39 is 30.6 Å². The van der Waals surface area contributed by atoms with Gasteiger partial charge in [-0.1, -0.05) is 29.8 Å². The van der Waals surface area contributed by atoms with E-state index in [0.717, 1.165) is 18.9 Å². The van der Waals surface area contributed by atoms with E-state index in [0.29, 0.717) is 33.4 Å². The number of nitrogens with zero attached hydrogens (tertiary/aromatic N) is 2. The van der Waals surface area contributed by atoms with Crippen LogP contribution in [-0.2, 0) is 14.4 Å². The number of rotatable bonds is 13. The number of nitrogens with one attached hydrogen (secondary N) is 1. The smallest absolute Gasteiger partial charge is 0.430 e. The predicted octanol–water partition coefficient (Wildman–Crippen LogP) is 4.05. The Morgan fingerprint density at radius 3 is 2.66 bits per heavy atom. The molecule has 0 saturated carbocycles. The number of aliphatic hydroxyl groups is 1. The molecule has 2 rings (SSSR count). The van der Waals surface area contributed by atoms with E-state index in [2.05, 4.69) is 15.9 Å². The maximum atomic E-state index is 13.7. The highest BCUT2D eigenvalue weighted by molar-refractivity contribution is 9.10. The molecule has 1 aromatic carbocycles. The third-order valence-electron chi connectivity index (χ3n) is 5.08. The molecular formula is C22H30BrF3N3O6+. The highest BCUT2D eigenvalue weighted by Gasteiger charge is 2.49. The maximum absolute atomic E-state index is 13.7. The van der Waals surface area contributed by atoms with Crippen molar-refractivity contribution in [1.29, 1.82) is 0 Å². The van der Waals surface area contributed by atoms with Crippen LogP contribution >= 0.6 is 15.9 Å². The summed E-state index contributed by atoms with van der Waals surface area (Å²) in [5.41, 5.74) is 2.14. The number of nitroso groups, excluding NO2 is 1. The lowest BCUT2D eigenvalue weighted by molar-refractivity contribution is -0.675. The van der Waals surface area contributed by atoms with E-state index in [-0.39, 0.29) is 24.9 Å². The Morgan fingerprint density at radius 1 is 1.31 bits per heavy atom. The molecule has 0 aliphatic carbocycles. The molecule has 1 aliphatic heterocycles. The quantitative estimate of drug-likeness (QED) is 0.121. The van der Waals surface area contributed by atoms with Crippen LogP contribution in [-0.4, -0.2) is 66.8 Å². The van der Waals surface area contributed by atoms with Gasteiger partial charge >= 0.3 is 12.1 Å². The zero-order chi connectivity index (χ0) is 26.2. The van der Waals surface area contributed by atoms with Crippen molar-refractivity contribution in [2.75, 3.05) is 33.7 Å². The summed E-state index contributed by atoms with van der Waals surface area (Å²) in [5.74, 6) is -1.35. The molecule has 1 atom stereocenters. The second kappa shape index (κ2) is 13.2. The molecule has 0 bridgehead atoms. The number of unbranched alkanes of at least 4 members (excludes halogenated alkanes) is 2. The van der Waals surface area contributed by atoms with Crippen LogP contribution in [0, 0.1) is 4.91 Å². The SMILES string of the molecule is CC(C)c1cc(Br)cc2c1OC(C(F)(F)F)C(C(=O)OCON[N+](=O)CN(C)CCCCCO)=C2. The number of benzene rings is 1. The lowest BCUT2D eigenvalue weighted by Gasteiger charge is -2.30. The number of hydrazine groups is 1. The van der Waals surface area contributed by atoms with Gasteiger partial charge in [0, 0.05) is 23.2 Å². The number of halogens is 4. The first-order valence-electron chi connectivity index (χ1n) is 11.0. The van der Waals surface area contributed by atoms with Gasteiger partial charge in [-0.05, 0) is 61.6 Å². The average Bonchev–Trinajstić information content (AvgIpc) is 2.77. The molecule has 196 valence electrons. The Labute approximate surface area is 209 Å². The third-order valence-corrected chi connectivity index (χ3v) is 5.54. The Morgan fingerprint density at radius 2 is 2.03 bits per heavy atom. The van der Waals surface area contributed by atoms with Crippen molar-refractivity contribution in [2.45, 2.75) is 51.3 Å². The molecule has 13 heteroatoms. The molecule has 1 unspecified atom stereocenters. The van der Waals surface area contributed by atoms with Gasteiger partial charge in [0.1, 0.15) is 5.75 Å². The van der Waals surface area contributed by atoms with Crippen molar-refractivity contribution in [3.63, 3.8) is 0 Å². The maximum Gasteiger partial charge on any atom is 0.430 e. The zero-order valence-corrected chi connectivity index (χ0v) is 21.3. The highest BCUT2D eigenvalue weighted by atomic mass is 79.9. The summed E-state index contributed by atoms with van der Waals surface area (Å²) in [5, 5.41) is 8.76. The first kappa shape index (κ1) is 29.0. The molecule has 35 heavy (non-hydrogen) atoms. The van der Waals surface area contributed by atoms with Crippen molar-refractivity contribution < 1.29 is 42.3 Å². The standard InChI is InChI=1S/C22H30BrF3N3O6/c1-14(2)17-11-16(23)9-15-10-18(20(22(24,25)26)35-19(15)17)21(31)33-13-34-27-29(32)12-28(3)7-5-4-6-8-30/h9-11,14,20,30H,4-8,12-13H2,1-3H3,(H,27,32)/q+1. The number of hydrogen-bond donors (Lipinski definition) is 2. The molecule has 1 aromatic rings. The summed E-state index contributed by atoms with van der Waals surface area (Å²) in [4.78, 5) is 31.1. The number of hydrogen-bond acceptors (Lipinski definition) is 7. The van der Waals surface area contributed by atoms with Crippen LogP contribution in [0.3, 0.4) is 0 Å². The number of ether oxygens (including phenoxy) is 2. The lowest BCUT2D eigenvalue weighted by atomic mass is 9.94. The van der Waals surface area contributed by atoms with Crippen LogP contribution in [0.25, 0.3) is 6.08 Å². The van der Waals surface area contributed by atoms with E-state index in [4.69, 9.17) is 19.4 Å². The van der Waals surface area contributed by atoms with Gasteiger partial charge in [-0.2, -0.15) is 18.0 Å². The summed E-state index contributed by atoms with van der Waals surface area (Å²) in [6, 6.07) is 3.23. The number of esters is 1. The summed E-state index contributed by atoms with van der Waals surface area (Å²) in [6.45, 7) is 3.48. The van der Waals surface area contributed by atoms with E-state index >= 15 is 0 Å². The number of carbonyl (C=O) groups is 1. The first-order valence-corrected chi connectivity index (χ1v) is 11.8. The number of carbonyl (C=O) groups excluding carboxylic acids is 1. The van der Waals surface area contributed by atoms with Gasteiger partial charge in [0.2, 0.25) is 12.9 Å². The summed E-state index contributed by atoms with van der Waals surface area (Å²) in [6.07, 6.45) is -3.99. The molecule has 0 saturated heterocycles. The van der Waals surface area contributed by atoms with Gasteiger partial charge in [0.05, 0.1) is 10.5 Å². The molecule has 0 aromatic heterocycles. The summed E-state index contributed by atoms with van der Waals surface area (Å²) < 4.78 is 51.8. The molecule has 1 heterocycles. The Bertz CT molecular complexity index is 926. The lowest BCUT2D eigenvalue weighted by Crippen LogP contribution is -2.41. The van der Waals surface area contributed by atoms with Crippen LogP contribution < -0.4 is 10.3 Å². The molecule has 0 spiro atoms. The van der Waals surface area contributed by atoms with Crippen molar-refractivity contribution in [2.24, 2.45) is 0 Å². The largest absolute Gasteiger partial charge is 0.475 e. The number of aliphatic hydroxyl groups excluding tert-OH is 1. The van der Waals surface area contributed by atoms with Crippen molar-refractivity contribution >= 4 is 28.0 Å². The number of alkyl halides is 3. The summed E-state index contributed by atoms with van der Waals surface area (Å²) >= 11 is 3.32. The Balaban J connectivity index is 1.97. The minimum absolute atomic E-state index is 0.0578.